The monoisotopic (exact) mass is 460 g/mol. The molecule has 9 heteroatoms. The molecule has 1 aliphatic rings. The Labute approximate surface area is 189 Å². The number of hydrogen-bond acceptors (Lipinski definition) is 7. The number of carbonyl (C=O) groups is 2. The first-order valence-corrected chi connectivity index (χ1v) is 10.6. The van der Waals surface area contributed by atoms with Crippen molar-refractivity contribution in [2.75, 3.05) is 27.4 Å². The summed E-state index contributed by atoms with van der Waals surface area (Å²) in [6, 6.07) is 12.3. The van der Waals surface area contributed by atoms with Crippen molar-refractivity contribution < 1.29 is 23.8 Å². The van der Waals surface area contributed by atoms with Gasteiger partial charge in [0.25, 0.3) is 5.91 Å². The lowest BCUT2D eigenvalue weighted by Crippen LogP contribution is -2.23. The molecular formula is C22H21ClN2O5S. The second-order valence-electron chi connectivity index (χ2n) is 6.35. The van der Waals surface area contributed by atoms with Gasteiger partial charge >= 0.3 is 5.97 Å². The van der Waals surface area contributed by atoms with Gasteiger partial charge in [0.1, 0.15) is 11.5 Å². The number of rotatable bonds is 7. The molecule has 0 N–H and O–H groups in total. The van der Waals surface area contributed by atoms with Crippen molar-refractivity contribution in [2.24, 2.45) is 4.99 Å². The van der Waals surface area contributed by atoms with E-state index >= 15 is 0 Å². The molecule has 1 saturated heterocycles. The number of amidine groups is 1. The normalized spacial score (nSPS) is 16.1. The molecule has 7 nitrogen and oxygen atoms in total. The first-order chi connectivity index (χ1) is 14.9. The number of likely N-dealkylation sites (N-methyl/N-ethyl adjacent to an activating group) is 1. The molecule has 31 heavy (non-hydrogen) atoms. The van der Waals surface area contributed by atoms with Crippen LogP contribution in [-0.2, 0) is 14.3 Å². The highest BCUT2D eigenvalue weighted by Crippen LogP contribution is 2.34. The third-order valence-electron chi connectivity index (χ3n) is 4.21. The zero-order chi connectivity index (χ0) is 22.4. The molecule has 0 aliphatic carbocycles. The van der Waals surface area contributed by atoms with Gasteiger partial charge in [-0.2, -0.15) is 0 Å². The van der Waals surface area contributed by atoms with Crippen LogP contribution in [0.1, 0.15) is 12.5 Å². The van der Waals surface area contributed by atoms with Gasteiger partial charge in [-0.25, -0.2) is 9.79 Å². The smallest absolute Gasteiger partial charge is 0.344 e. The molecule has 2 aromatic carbocycles. The van der Waals surface area contributed by atoms with E-state index in [4.69, 9.17) is 25.8 Å². The number of amides is 1. The quantitative estimate of drug-likeness (QED) is 0.446. The number of ether oxygens (including phenoxy) is 3. The fourth-order valence-electron chi connectivity index (χ4n) is 2.63. The number of methoxy groups -OCH3 is 1. The number of halogens is 1. The third-order valence-corrected chi connectivity index (χ3v) is 5.56. The van der Waals surface area contributed by atoms with Gasteiger partial charge in [-0.3, -0.25) is 9.69 Å². The first kappa shape index (κ1) is 22.7. The maximum atomic E-state index is 12.6. The Kier molecular flexibility index (Phi) is 7.59. The highest BCUT2D eigenvalue weighted by atomic mass is 35.5. The lowest BCUT2D eigenvalue weighted by atomic mass is 10.2. The summed E-state index contributed by atoms with van der Waals surface area (Å²) in [7, 11) is 3.28. The van der Waals surface area contributed by atoms with E-state index in [0.29, 0.717) is 20.8 Å². The molecule has 0 bridgehead atoms. The van der Waals surface area contributed by atoms with Crippen LogP contribution in [0.4, 0.5) is 5.69 Å². The fraction of sp³-hybridized carbons (Fsp3) is 0.227. The molecule has 0 radical (unpaired) electrons. The van der Waals surface area contributed by atoms with Crippen molar-refractivity contribution in [1.82, 2.24) is 4.90 Å². The number of esters is 1. The van der Waals surface area contributed by atoms with Gasteiger partial charge in [-0.1, -0.05) is 17.7 Å². The highest BCUT2D eigenvalue weighted by Gasteiger charge is 2.30. The van der Waals surface area contributed by atoms with E-state index in [1.54, 1.807) is 45.4 Å². The van der Waals surface area contributed by atoms with Gasteiger partial charge in [0, 0.05) is 7.05 Å². The largest absolute Gasteiger partial charge is 0.497 e. The van der Waals surface area contributed by atoms with Crippen LogP contribution in [0.15, 0.2) is 52.4 Å². The molecule has 3 rings (SSSR count). The summed E-state index contributed by atoms with van der Waals surface area (Å²) in [4.78, 5) is 30.6. The minimum absolute atomic E-state index is 0.156. The minimum atomic E-state index is -0.468. The van der Waals surface area contributed by atoms with E-state index in [1.165, 1.54) is 16.7 Å². The molecule has 162 valence electrons. The Morgan fingerprint density at radius 2 is 1.97 bits per heavy atom. The maximum absolute atomic E-state index is 12.6. The molecule has 1 heterocycles. The lowest BCUT2D eigenvalue weighted by molar-refractivity contribution is -0.145. The summed E-state index contributed by atoms with van der Waals surface area (Å²) in [6.07, 6.45) is 1.74. The summed E-state index contributed by atoms with van der Waals surface area (Å²) in [5.74, 6) is 0.473. The Hall–Kier alpha value is -2.97. The Bertz CT molecular complexity index is 1040. The molecule has 0 atom stereocenters. The van der Waals surface area contributed by atoms with Gasteiger partial charge in [0.05, 0.1) is 29.3 Å². The summed E-state index contributed by atoms with van der Waals surface area (Å²) in [5, 5.41) is 0.900. The molecule has 0 unspecified atom stereocenters. The van der Waals surface area contributed by atoms with Crippen LogP contribution in [0.2, 0.25) is 5.02 Å². The fourth-order valence-corrected chi connectivity index (χ4v) is 3.86. The van der Waals surface area contributed by atoms with E-state index in [0.717, 1.165) is 17.0 Å². The Morgan fingerprint density at radius 1 is 1.23 bits per heavy atom. The van der Waals surface area contributed by atoms with E-state index in [1.807, 2.05) is 24.3 Å². The maximum Gasteiger partial charge on any atom is 0.344 e. The van der Waals surface area contributed by atoms with E-state index in [-0.39, 0.29) is 19.1 Å². The van der Waals surface area contributed by atoms with Crippen LogP contribution < -0.4 is 9.47 Å². The second-order valence-corrected chi connectivity index (χ2v) is 7.77. The van der Waals surface area contributed by atoms with Crippen LogP contribution in [-0.4, -0.2) is 49.3 Å². The van der Waals surface area contributed by atoms with E-state index in [9.17, 15) is 9.59 Å². The molecule has 1 amide bonds. The average molecular weight is 461 g/mol. The second kappa shape index (κ2) is 10.4. The molecule has 1 fully saturated rings. The third kappa shape index (κ3) is 5.80. The predicted octanol–water partition coefficient (Wildman–Crippen LogP) is 4.52. The average Bonchev–Trinajstić information content (AvgIpc) is 3.01. The summed E-state index contributed by atoms with van der Waals surface area (Å²) >= 11 is 7.54. The molecular weight excluding hydrogens is 440 g/mol. The minimum Gasteiger partial charge on any atom is -0.497 e. The van der Waals surface area contributed by atoms with E-state index in [2.05, 4.69) is 4.99 Å². The number of thioether (sulfide) groups is 1. The van der Waals surface area contributed by atoms with Crippen LogP contribution in [0.3, 0.4) is 0 Å². The van der Waals surface area contributed by atoms with Crippen LogP contribution in [0.25, 0.3) is 6.08 Å². The van der Waals surface area contributed by atoms with Gasteiger partial charge in [0.15, 0.2) is 11.8 Å². The summed E-state index contributed by atoms with van der Waals surface area (Å²) in [6.45, 7) is 1.78. The standard InChI is InChI=1S/C22H21ClN2O5S/c1-4-29-20(26)13-30-18-10-5-14(11-17(18)23)12-19-21(27)25(2)22(31-19)24-15-6-8-16(28-3)9-7-15/h5-12H,4,13H2,1-3H3/b19-12+,24-22?. The van der Waals surface area contributed by atoms with Crippen LogP contribution >= 0.6 is 23.4 Å². The topological polar surface area (TPSA) is 77.4 Å². The van der Waals surface area contributed by atoms with Crippen molar-refractivity contribution in [2.45, 2.75) is 6.92 Å². The number of nitrogens with zero attached hydrogens (tertiary/aromatic N) is 2. The van der Waals surface area contributed by atoms with E-state index < -0.39 is 5.97 Å². The predicted molar refractivity (Wildman–Crippen MR) is 122 cm³/mol. The number of benzene rings is 2. The SMILES string of the molecule is CCOC(=O)COc1ccc(/C=C2/SC(=Nc3ccc(OC)cc3)N(C)C2=O)cc1Cl. The molecule has 1 aliphatic heterocycles. The van der Waals surface area contributed by atoms with Gasteiger partial charge in [0.2, 0.25) is 0 Å². The van der Waals surface area contributed by atoms with Crippen molar-refractivity contribution in [3.63, 3.8) is 0 Å². The van der Waals surface area contributed by atoms with Gasteiger partial charge < -0.3 is 14.2 Å². The number of hydrogen-bond donors (Lipinski definition) is 0. The van der Waals surface area contributed by atoms with Crippen molar-refractivity contribution in [3.05, 3.63) is 58.0 Å². The molecule has 0 saturated carbocycles. The van der Waals surface area contributed by atoms with Crippen molar-refractivity contribution in [1.29, 1.82) is 0 Å². The van der Waals surface area contributed by atoms with Crippen molar-refractivity contribution in [3.8, 4) is 11.5 Å². The first-order valence-electron chi connectivity index (χ1n) is 9.39. The zero-order valence-electron chi connectivity index (χ0n) is 17.3. The van der Waals surface area contributed by atoms with Crippen LogP contribution in [0, 0.1) is 0 Å². The van der Waals surface area contributed by atoms with Crippen LogP contribution in [0.5, 0.6) is 11.5 Å². The van der Waals surface area contributed by atoms with Gasteiger partial charge in [-0.05, 0) is 66.7 Å². The lowest BCUT2D eigenvalue weighted by Gasteiger charge is -2.08. The zero-order valence-corrected chi connectivity index (χ0v) is 18.8. The summed E-state index contributed by atoms with van der Waals surface area (Å²) < 4.78 is 15.3. The van der Waals surface area contributed by atoms with Gasteiger partial charge in [-0.15, -0.1) is 0 Å². The Balaban J connectivity index is 1.74. The Morgan fingerprint density at radius 3 is 2.61 bits per heavy atom. The summed E-state index contributed by atoms with van der Waals surface area (Å²) in [5.41, 5.74) is 1.44. The van der Waals surface area contributed by atoms with Crippen molar-refractivity contribution >= 4 is 52.2 Å². The highest BCUT2D eigenvalue weighted by molar-refractivity contribution is 8.18. The number of carbonyl (C=O) groups excluding carboxylic acids is 2. The molecule has 0 aromatic heterocycles. The molecule has 0 spiro atoms. The number of aliphatic imine (C=N–C) groups is 1. The molecule has 2 aromatic rings.